The Hall–Kier alpha value is -2.56. The molecule has 2 saturated heterocycles. The Kier molecular flexibility index (Phi) is 9.01. The van der Waals surface area contributed by atoms with Gasteiger partial charge in [0.25, 0.3) is 0 Å². The maximum absolute atomic E-state index is 13.7. The van der Waals surface area contributed by atoms with Crippen LogP contribution in [0.25, 0.3) is 11.3 Å². The molecule has 41 heavy (non-hydrogen) atoms. The van der Waals surface area contributed by atoms with Gasteiger partial charge in [0.1, 0.15) is 23.1 Å². The summed E-state index contributed by atoms with van der Waals surface area (Å²) < 4.78 is 50.8. The number of alkyl halides is 3. The SMILES string of the molecule is COCCN1C(=O)C(CC2CCCCC2)NC(=O)C12CCN(Cc1ccc(-c3cc(C(F)(F)F)ccc3Cl)o1)CC2. The van der Waals surface area contributed by atoms with Crippen LogP contribution in [-0.4, -0.2) is 66.5 Å². The van der Waals surface area contributed by atoms with Gasteiger partial charge in [0.05, 0.1) is 23.7 Å². The summed E-state index contributed by atoms with van der Waals surface area (Å²) in [5.74, 6) is 1.19. The number of methoxy groups -OCH3 is 1. The minimum absolute atomic E-state index is 0.0192. The van der Waals surface area contributed by atoms with E-state index in [2.05, 4.69) is 10.2 Å². The fraction of sp³-hybridized carbons (Fsp3) is 0.600. The maximum Gasteiger partial charge on any atom is 0.416 e. The molecule has 1 aliphatic carbocycles. The van der Waals surface area contributed by atoms with E-state index in [1.807, 2.05) is 0 Å². The smallest absolute Gasteiger partial charge is 0.416 e. The fourth-order valence-corrected chi connectivity index (χ4v) is 6.81. The molecule has 1 aromatic carbocycles. The largest absolute Gasteiger partial charge is 0.460 e. The minimum atomic E-state index is -4.49. The van der Waals surface area contributed by atoms with Crippen molar-refractivity contribution < 1.29 is 31.9 Å². The van der Waals surface area contributed by atoms with E-state index in [0.717, 1.165) is 25.0 Å². The van der Waals surface area contributed by atoms with E-state index in [4.69, 9.17) is 20.8 Å². The standard InChI is InChI=1S/C30H37ClF3N3O4/c1-40-16-15-37-27(38)25(17-20-5-3-2-4-6-20)35-28(39)29(37)11-13-36(14-12-29)19-22-8-10-26(41-22)23-18-21(30(32,33)34)7-9-24(23)31/h7-10,18,20,25H,2-6,11-17,19H2,1H3,(H,35,39). The van der Waals surface area contributed by atoms with E-state index in [9.17, 15) is 22.8 Å². The van der Waals surface area contributed by atoms with Gasteiger partial charge in [-0.3, -0.25) is 14.5 Å². The lowest BCUT2D eigenvalue weighted by Gasteiger charge is -2.52. The first-order valence-electron chi connectivity index (χ1n) is 14.4. The van der Waals surface area contributed by atoms with Gasteiger partial charge in [-0.2, -0.15) is 13.2 Å². The van der Waals surface area contributed by atoms with Crippen molar-refractivity contribution in [1.82, 2.24) is 15.1 Å². The number of amides is 2. The summed E-state index contributed by atoms with van der Waals surface area (Å²) in [5, 5.41) is 3.26. The van der Waals surface area contributed by atoms with Crippen molar-refractivity contribution in [3.05, 3.63) is 46.7 Å². The average Bonchev–Trinajstić information content (AvgIpc) is 3.41. The Morgan fingerprint density at radius 3 is 2.51 bits per heavy atom. The third kappa shape index (κ3) is 6.44. The van der Waals surface area contributed by atoms with Crippen LogP contribution in [0, 0.1) is 5.92 Å². The highest BCUT2D eigenvalue weighted by molar-refractivity contribution is 6.33. The van der Waals surface area contributed by atoms with Crippen LogP contribution in [0.1, 0.15) is 62.7 Å². The zero-order chi connectivity index (χ0) is 29.2. The number of carbonyl (C=O) groups excluding carboxylic acids is 2. The molecule has 1 unspecified atom stereocenters. The Balaban J connectivity index is 1.25. The van der Waals surface area contributed by atoms with Crippen LogP contribution in [0.2, 0.25) is 5.02 Å². The first kappa shape index (κ1) is 29.9. The topological polar surface area (TPSA) is 75.0 Å². The molecular weight excluding hydrogens is 559 g/mol. The second-order valence-electron chi connectivity index (χ2n) is 11.5. The molecule has 1 saturated carbocycles. The van der Waals surface area contributed by atoms with Crippen molar-refractivity contribution in [2.45, 2.75) is 75.7 Å². The van der Waals surface area contributed by atoms with Crippen molar-refractivity contribution in [3.63, 3.8) is 0 Å². The summed E-state index contributed by atoms with van der Waals surface area (Å²) in [6.07, 6.45) is 2.94. The van der Waals surface area contributed by atoms with Gasteiger partial charge in [-0.05, 0) is 55.5 Å². The molecule has 1 atom stereocenters. The van der Waals surface area contributed by atoms with Gasteiger partial charge in [-0.1, -0.05) is 43.7 Å². The van der Waals surface area contributed by atoms with Gasteiger partial charge in [0, 0.05) is 32.3 Å². The molecule has 11 heteroatoms. The number of piperidine rings is 1. The third-order valence-corrected chi connectivity index (χ3v) is 9.23. The van der Waals surface area contributed by atoms with Crippen LogP contribution in [0.15, 0.2) is 34.7 Å². The van der Waals surface area contributed by atoms with E-state index >= 15 is 0 Å². The highest BCUT2D eigenvalue weighted by Crippen LogP contribution is 2.38. The van der Waals surface area contributed by atoms with E-state index in [1.54, 1.807) is 24.1 Å². The molecule has 0 radical (unpaired) electrons. The monoisotopic (exact) mass is 595 g/mol. The van der Waals surface area contributed by atoms with Gasteiger partial charge in [0.2, 0.25) is 11.8 Å². The zero-order valence-corrected chi connectivity index (χ0v) is 24.0. The lowest BCUT2D eigenvalue weighted by atomic mass is 9.79. The first-order valence-corrected chi connectivity index (χ1v) is 14.8. The summed E-state index contributed by atoms with van der Waals surface area (Å²) in [7, 11) is 1.59. The summed E-state index contributed by atoms with van der Waals surface area (Å²) in [4.78, 5) is 31.2. The number of furan rings is 1. The molecule has 5 rings (SSSR count). The van der Waals surface area contributed by atoms with Crippen molar-refractivity contribution in [2.75, 3.05) is 33.4 Å². The summed E-state index contributed by atoms with van der Waals surface area (Å²) in [6, 6.07) is 6.01. The predicted octanol–water partition coefficient (Wildman–Crippen LogP) is 5.90. The lowest BCUT2D eigenvalue weighted by molar-refractivity contribution is -0.162. The summed E-state index contributed by atoms with van der Waals surface area (Å²) in [6.45, 7) is 2.25. The average molecular weight is 596 g/mol. The number of piperazine rings is 1. The summed E-state index contributed by atoms with van der Waals surface area (Å²) >= 11 is 6.19. The lowest BCUT2D eigenvalue weighted by Crippen LogP contribution is -2.73. The molecule has 3 aliphatic rings. The molecule has 3 fully saturated rings. The summed E-state index contributed by atoms with van der Waals surface area (Å²) in [5.41, 5.74) is -1.54. The molecule has 1 spiro atoms. The molecule has 2 aliphatic heterocycles. The van der Waals surface area contributed by atoms with Crippen LogP contribution in [0.5, 0.6) is 0 Å². The number of halogens is 4. The Labute approximate surface area is 243 Å². The number of hydrogen-bond acceptors (Lipinski definition) is 5. The van der Waals surface area contributed by atoms with Crippen LogP contribution in [-0.2, 0) is 27.0 Å². The van der Waals surface area contributed by atoms with Crippen LogP contribution >= 0.6 is 11.6 Å². The highest BCUT2D eigenvalue weighted by atomic mass is 35.5. The molecule has 7 nitrogen and oxygen atoms in total. The number of nitrogens with one attached hydrogen (secondary N) is 1. The van der Waals surface area contributed by atoms with Gasteiger partial charge >= 0.3 is 6.18 Å². The molecule has 1 aromatic heterocycles. The molecule has 0 bridgehead atoms. The van der Waals surface area contributed by atoms with Crippen LogP contribution in [0.4, 0.5) is 13.2 Å². The Morgan fingerprint density at radius 2 is 1.83 bits per heavy atom. The molecule has 2 aromatic rings. The third-order valence-electron chi connectivity index (χ3n) is 8.91. The number of hydrogen-bond donors (Lipinski definition) is 1. The fourth-order valence-electron chi connectivity index (χ4n) is 6.60. The van der Waals surface area contributed by atoms with Gasteiger partial charge in [-0.25, -0.2) is 0 Å². The van der Waals surface area contributed by atoms with Gasteiger partial charge in [0.15, 0.2) is 0 Å². The first-order chi connectivity index (χ1) is 19.6. The molecular formula is C30H37ClF3N3O4. The zero-order valence-electron chi connectivity index (χ0n) is 23.3. The second-order valence-corrected chi connectivity index (χ2v) is 11.9. The number of nitrogens with zero attached hydrogens (tertiary/aromatic N) is 2. The number of benzene rings is 1. The molecule has 2 amide bonds. The van der Waals surface area contributed by atoms with Crippen LogP contribution < -0.4 is 5.32 Å². The number of rotatable bonds is 8. The quantitative estimate of drug-likeness (QED) is 0.411. The van der Waals surface area contributed by atoms with E-state index in [-0.39, 0.29) is 28.2 Å². The molecule has 1 N–H and O–H groups in total. The molecule has 224 valence electrons. The van der Waals surface area contributed by atoms with Crippen molar-refractivity contribution in [1.29, 1.82) is 0 Å². The highest BCUT2D eigenvalue weighted by Gasteiger charge is 2.53. The number of ether oxygens (including phenoxy) is 1. The van der Waals surface area contributed by atoms with Crippen molar-refractivity contribution in [3.8, 4) is 11.3 Å². The Bertz CT molecular complexity index is 1240. The number of likely N-dealkylation sites (tertiary alicyclic amines) is 1. The van der Waals surface area contributed by atoms with Gasteiger partial charge in [-0.15, -0.1) is 0 Å². The number of carbonyl (C=O) groups is 2. The maximum atomic E-state index is 13.7. The predicted molar refractivity (Wildman–Crippen MR) is 148 cm³/mol. The second kappa shape index (κ2) is 12.4. The minimum Gasteiger partial charge on any atom is -0.460 e. The van der Waals surface area contributed by atoms with E-state index in [0.29, 0.717) is 63.7 Å². The van der Waals surface area contributed by atoms with Crippen molar-refractivity contribution in [2.24, 2.45) is 5.92 Å². The van der Waals surface area contributed by atoms with E-state index in [1.165, 1.54) is 25.3 Å². The van der Waals surface area contributed by atoms with Crippen molar-refractivity contribution >= 4 is 23.4 Å². The normalized spacial score (nSPS) is 22.4. The molecule has 3 heterocycles. The Morgan fingerprint density at radius 1 is 1.10 bits per heavy atom. The van der Waals surface area contributed by atoms with Gasteiger partial charge < -0.3 is 19.4 Å². The van der Waals surface area contributed by atoms with E-state index < -0.39 is 23.3 Å². The van der Waals surface area contributed by atoms with Crippen LogP contribution in [0.3, 0.4) is 0 Å².